The lowest BCUT2D eigenvalue weighted by atomic mass is 9.65. The molecule has 0 saturated carbocycles. The molecule has 1 aliphatic rings. The van der Waals surface area contributed by atoms with Gasteiger partial charge in [0.25, 0.3) is 0 Å². The number of carbonyl (C=O) groups is 1. The minimum atomic E-state index is -1.38. The van der Waals surface area contributed by atoms with E-state index >= 15 is 0 Å². The van der Waals surface area contributed by atoms with Crippen molar-refractivity contribution >= 4 is 18.0 Å². The monoisotopic (exact) mass is 490 g/mol. The molecular weight excluding hydrogens is 455 g/mol. The molecule has 1 aliphatic heterocycles. The zero-order chi connectivity index (χ0) is 26.4. The number of benzene rings is 1. The van der Waals surface area contributed by atoms with Gasteiger partial charge in [-0.15, -0.1) is 0 Å². The van der Waals surface area contributed by atoms with Crippen molar-refractivity contribution in [1.29, 1.82) is 0 Å². The molecule has 2 rings (SSSR count). The van der Waals surface area contributed by atoms with Crippen molar-refractivity contribution < 1.29 is 33.4 Å². The second-order valence-corrected chi connectivity index (χ2v) is 9.89. The number of nitrogens with one attached hydrogen (secondary N) is 1. The van der Waals surface area contributed by atoms with Crippen molar-refractivity contribution in [3.05, 3.63) is 47.4 Å². The van der Waals surface area contributed by atoms with Crippen LogP contribution in [-0.2, 0) is 25.5 Å². The Morgan fingerprint density at radius 2 is 1.89 bits per heavy atom. The van der Waals surface area contributed by atoms with Gasteiger partial charge in [0.15, 0.2) is 5.94 Å². The van der Waals surface area contributed by atoms with E-state index < -0.39 is 41.3 Å². The molecule has 0 bridgehead atoms. The average molecular weight is 491 g/mol. The minimum Gasteiger partial charge on any atom is -0.488 e. The molecule has 35 heavy (non-hydrogen) atoms. The fourth-order valence-electron chi connectivity index (χ4n) is 5.25. The molecule has 2 N–H and O–H groups in total. The van der Waals surface area contributed by atoms with Crippen LogP contribution in [0.15, 0.2) is 41.8 Å². The molecule has 1 aromatic carbocycles. The molecule has 0 aliphatic carbocycles. The van der Waals surface area contributed by atoms with Gasteiger partial charge < -0.3 is 19.9 Å². The van der Waals surface area contributed by atoms with E-state index in [0.717, 1.165) is 10.5 Å². The Balaban J connectivity index is 2.49. The summed E-state index contributed by atoms with van der Waals surface area (Å²) in [6, 6.07) is 8.57. The lowest BCUT2D eigenvalue weighted by Crippen LogP contribution is -2.65. The summed E-state index contributed by atoms with van der Waals surface area (Å²) in [4.78, 5) is 37.0. The number of hydrogen-bond donors (Lipinski definition) is 2. The SMILES string of the molecule is COC(=C=O)C(Cc1ccccc1)NC(=C=O)C(C)C(OC)[C@@]1(C(C)(C)C)C[C@H](F)CN1C(=O)O. The summed E-state index contributed by atoms with van der Waals surface area (Å²) in [6.45, 7) is 6.89. The maximum Gasteiger partial charge on any atom is 0.407 e. The number of amides is 1. The lowest BCUT2D eigenvalue weighted by molar-refractivity contribution is -0.101. The molecule has 0 spiro atoms. The molecule has 1 amide bonds. The van der Waals surface area contributed by atoms with E-state index in [-0.39, 0.29) is 24.4 Å². The highest BCUT2D eigenvalue weighted by molar-refractivity contribution is 5.67. The fraction of sp³-hybridized carbons (Fsp3) is 0.577. The molecule has 1 aromatic rings. The molecule has 0 aromatic heterocycles. The number of methoxy groups -OCH3 is 2. The molecule has 9 heteroatoms. The second kappa shape index (κ2) is 11.5. The Kier molecular flexibility index (Phi) is 9.27. The van der Waals surface area contributed by atoms with E-state index in [2.05, 4.69) is 5.32 Å². The van der Waals surface area contributed by atoms with Gasteiger partial charge >= 0.3 is 6.09 Å². The summed E-state index contributed by atoms with van der Waals surface area (Å²) in [6.07, 6.45) is -3.30. The highest BCUT2D eigenvalue weighted by atomic mass is 19.1. The second-order valence-electron chi connectivity index (χ2n) is 9.89. The summed E-state index contributed by atoms with van der Waals surface area (Å²) in [5.74, 6) is 2.90. The number of likely N-dealkylation sites (tertiary alicyclic amines) is 1. The lowest BCUT2D eigenvalue weighted by Gasteiger charge is -2.52. The zero-order valence-corrected chi connectivity index (χ0v) is 21.1. The van der Waals surface area contributed by atoms with Gasteiger partial charge in [0.05, 0.1) is 31.3 Å². The van der Waals surface area contributed by atoms with Crippen LogP contribution in [0.25, 0.3) is 0 Å². The highest BCUT2D eigenvalue weighted by Gasteiger charge is 2.61. The van der Waals surface area contributed by atoms with Gasteiger partial charge in [0, 0.05) is 25.9 Å². The number of carboxylic acid groups (broad SMARTS) is 1. The molecule has 1 heterocycles. The Morgan fingerprint density at radius 1 is 1.26 bits per heavy atom. The van der Waals surface area contributed by atoms with Gasteiger partial charge in [-0.05, 0) is 11.0 Å². The summed E-state index contributed by atoms with van der Waals surface area (Å²) in [5, 5.41) is 13.0. The third-order valence-electron chi connectivity index (χ3n) is 6.92. The molecule has 3 unspecified atom stereocenters. The summed E-state index contributed by atoms with van der Waals surface area (Å²) in [7, 11) is 2.75. The average Bonchev–Trinajstić information content (AvgIpc) is 3.17. The van der Waals surface area contributed by atoms with Crippen LogP contribution >= 0.6 is 0 Å². The van der Waals surface area contributed by atoms with E-state index in [1.165, 1.54) is 14.2 Å². The van der Waals surface area contributed by atoms with Gasteiger partial charge in [-0.3, -0.25) is 4.90 Å². The first kappa shape index (κ1) is 28.1. The van der Waals surface area contributed by atoms with Gasteiger partial charge in [0.1, 0.15) is 17.8 Å². The Morgan fingerprint density at radius 3 is 2.34 bits per heavy atom. The summed E-state index contributed by atoms with van der Waals surface area (Å²) in [5.41, 5.74) is -1.07. The van der Waals surface area contributed by atoms with E-state index in [1.807, 2.05) is 57.0 Å². The van der Waals surface area contributed by atoms with Crippen LogP contribution in [0.4, 0.5) is 9.18 Å². The van der Waals surface area contributed by atoms with Crippen molar-refractivity contribution in [2.24, 2.45) is 11.3 Å². The third-order valence-corrected chi connectivity index (χ3v) is 6.92. The number of hydrogen-bond acceptors (Lipinski definition) is 6. The van der Waals surface area contributed by atoms with Crippen LogP contribution in [0.1, 0.15) is 39.7 Å². The van der Waals surface area contributed by atoms with Crippen LogP contribution in [-0.4, -0.2) is 72.6 Å². The standard InChI is InChI=1S/C26H35FN2O6/c1-17(23(35-6)26(25(2,3)4)13-19(27)14-29(26)24(32)33)21(15-30)28-20(22(16-31)34-5)12-18-10-8-7-9-11-18/h7-11,17,19-20,23,28H,12-14H2,1-6H3,(H,32,33)/t17?,19-,20?,23?,26+/m0/s1. The largest absolute Gasteiger partial charge is 0.488 e. The Bertz CT molecular complexity index is 981. The van der Waals surface area contributed by atoms with Crippen LogP contribution in [0, 0.1) is 11.3 Å². The first-order valence-corrected chi connectivity index (χ1v) is 11.5. The Labute approximate surface area is 205 Å². The van der Waals surface area contributed by atoms with E-state index in [9.17, 15) is 23.9 Å². The molecule has 1 saturated heterocycles. The quantitative estimate of drug-likeness (QED) is 0.382. The number of rotatable bonds is 10. The molecule has 5 atom stereocenters. The minimum absolute atomic E-state index is 0.0369. The van der Waals surface area contributed by atoms with Gasteiger partial charge in [-0.25, -0.2) is 18.8 Å². The van der Waals surface area contributed by atoms with Crippen LogP contribution in [0.3, 0.4) is 0 Å². The molecule has 1 fully saturated rings. The first-order chi connectivity index (χ1) is 16.5. The molecule has 8 nitrogen and oxygen atoms in total. The maximum absolute atomic E-state index is 14.7. The molecule has 0 radical (unpaired) electrons. The normalized spacial score (nSPS) is 22.4. The van der Waals surface area contributed by atoms with Crippen LogP contribution in [0.5, 0.6) is 0 Å². The predicted molar refractivity (Wildman–Crippen MR) is 129 cm³/mol. The van der Waals surface area contributed by atoms with E-state index in [4.69, 9.17) is 9.47 Å². The third kappa shape index (κ3) is 5.76. The molecular formula is C26H35FN2O6. The number of carbonyl (C=O) groups excluding carboxylic acids is 2. The zero-order valence-electron chi connectivity index (χ0n) is 21.1. The van der Waals surface area contributed by atoms with E-state index in [0.29, 0.717) is 6.42 Å². The van der Waals surface area contributed by atoms with Crippen molar-refractivity contribution in [2.45, 2.75) is 64.4 Å². The van der Waals surface area contributed by atoms with Gasteiger partial charge in [-0.1, -0.05) is 58.0 Å². The number of nitrogens with zero attached hydrogens (tertiary/aromatic N) is 1. The van der Waals surface area contributed by atoms with Gasteiger partial charge in [0.2, 0.25) is 5.76 Å². The summed E-state index contributed by atoms with van der Waals surface area (Å²) < 4.78 is 25.8. The van der Waals surface area contributed by atoms with Crippen molar-refractivity contribution in [3.8, 4) is 0 Å². The van der Waals surface area contributed by atoms with Crippen molar-refractivity contribution in [3.63, 3.8) is 0 Å². The van der Waals surface area contributed by atoms with Crippen LogP contribution in [0.2, 0.25) is 0 Å². The smallest absolute Gasteiger partial charge is 0.407 e. The fourth-order valence-corrected chi connectivity index (χ4v) is 5.25. The van der Waals surface area contributed by atoms with Crippen LogP contribution < -0.4 is 5.32 Å². The first-order valence-electron chi connectivity index (χ1n) is 11.5. The topological polar surface area (TPSA) is 105 Å². The molecule has 192 valence electrons. The highest BCUT2D eigenvalue weighted by Crippen LogP contribution is 2.50. The number of ether oxygens (including phenoxy) is 2. The predicted octanol–water partition coefficient (Wildman–Crippen LogP) is 3.42. The Hall–Kier alpha value is -3.12. The number of halogens is 1. The van der Waals surface area contributed by atoms with Crippen molar-refractivity contribution in [1.82, 2.24) is 10.2 Å². The van der Waals surface area contributed by atoms with E-state index in [1.54, 1.807) is 12.9 Å². The summed E-state index contributed by atoms with van der Waals surface area (Å²) >= 11 is 0. The van der Waals surface area contributed by atoms with Gasteiger partial charge in [-0.2, -0.15) is 0 Å². The maximum atomic E-state index is 14.7. The van der Waals surface area contributed by atoms with Crippen molar-refractivity contribution in [2.75, 3.05) is 20.8 Å². The number of alkyl halides is 1.